The van der Waals surface area contributed by atoms with Crippen molar-refractivity contribution in [2.45, 2.75) is 27.1 Å². The molecule has 0 aromatic heterocycles. The van der Waals surface area contributed by atoms with Gasteiger partial charge in [0.1, 0.15) is 5.71 Å². The third kappa shape index (κ3) is 5.68. The lowest BCUT2D eigenvalue weighted by molar-refractivity contribution is -0.215. The second kappa shape index (κ2) is 8.77. The molecule has 0 spiro atoms. The molecular weight excluding hydrogens is 316 g/mol. The molecule has 0 radical (unpaired) electrons. The van der Waals surface area contributed by atoms with E-state index in [-0.39, 0.29) is 11.7 Å². The van der Waals surface area contributed by atoms with Gasteiger partial charge in [0, 0.05) is 22.8 Å². The number of hydrogen-bond donors (Lipinski definition) is 2. The number of hydrogen-bond acceptors (Lipinski definition) is 6. The highest BCUT2D eigenvalue weighted by molar-refractivity contribution is 6.38. The predicted molar refractivity (Wildman–Crippen MR) is 101 cm³/mol. The van der Waals surface area contributed by atoms with E-state index in [1.165, 1.54) is 0 Å². The Balaban J connectivity index is 2.00. The third-order valence-electron chi connectivity index (χ3n) is 3.76. The molecule has 4 N–H and O–H groups in total. The molecule has 0 atom stereocenters. The Morgan fingerprint density at radius 2 is 2.08 bits per heavy atom. The van der Waals surface area contributed by atoms with Crippen LogP contribution in [0, 0.1) is 24.2 Å². The van der Waals surface area contributed by atoms with Crippen LogP contribution in [0.5, 0.6) is 0 Å². The van der Waals surface area contributed by atoms with Crippen molar-refractivity contribution in [3.63, 3.8) is 0 Å². The van der Waals surface area contributed by atoms with Gasteiger partial charge in [0.25, 0.3) is 0 Å². The van der Waals surface area contributed by atoms with Gasteiger partial charge in [0.2, 0.25) is 0 Å². The van der Waals surface area contributed by atoms with Gasteiger partial charge in [-0.2, -0.15) is 5.10 Å². The molecule has 0 saturated carbocycles. The number of nitrogens with zero attached hydrogens (tertiary/aromatic N) is 2. The lowest BCUT2D eigenvalue weighted by Gasteiger charge is -2.33. The fourth-order valence-electron chi connectivity index (χ4n) is 2.41. The minimum Gasteiger partial charge on any atom is -0.350 e. The van der Waals surface area contributed by atoms with E-state index in [9.17, 15) is 0 Å². The molecular formula is C19H26N4O2. The average molecular weight is 342 g/mol. The highest BCUT2D eigenvalue weighted by atomic mass is 16.7. The summed E-state index contributed by atoms with van der Waals surface area (Å²) in [5, 5.41) is 3.85. The first-order valence-electron chi connectivity index (χ1n) is 8.26. The van der Waals surface area contributed by atoms with E-state index in [0.717, 1.165) is 16.7 Å². The number of benzene rings is 1. The number of rotatable bonds is 4. The minimum absolute atomic E-state index is 0.0513. The van der Waals surface area contributed by atoms with Crippen molar-refractivity contribution in [1.29, 1.82) is 0 Å². The Hall–Kier alpha value is -2.20. The zero-order valence-corrected chi connectivity index (χ0v) is 15.1. The summed E-state index contributed by atoms with van der Waals surface area (Å²) in [7, 11) is 0. The maximum atomic E-state index is 5.66. The van der Waals surface area contributed by atoms with Crippen LogP contribution in [0.3, 0.4) is 0 Å². The number of aliphatic imine (C=N–C) groups is 1. The zero-order valence-electron chi connectivity index (χ0n) is 15.1. The normalized spacial score (nSPS) is 18.2. The van der Waals surface area contributed by atoms with Gasteiger partial charge in [-0.15, -0.1) is 0 Å². The van der Waals surface area contributed by atoms with Crippen molar-refractivity contribution >= 4 is 11.9 Å². The predicted octanol–water partition coefficient (Wildman–Crippen LogP) is 1.44. The largest absolute Gasteiger partial charge is 0.350 e. The van der Waals surface area contributed by atoms with Crippen LogP contribution in [0.15, 0.2) is 28.3 Å². The molecule has 6 heteroatoms. The van der Waals surface area contributed by atoms with Crippen LogP contribution in [0.4, 0.5) is 0 Å². The van der Waals surface area contributed by atoms with Crippen LogP contribution >= 0.6 is 0 Å². The summed E-state index contributed by atoms with van der Waals surface area (Å²) in [5.74, 6) is 11.4. The van der Waals surface area contributed by atoms with Gasteiger partial charge in [-0.3, -0.25) is 4.99 Å². The number of ether oxygens (including phenoxy) is 2. The van der Waals surface area contributed by atoms with Crippen LogP contribution < -0.4 is 11.6 Å². The van der Waals surface area contributed by atoms with Crippen LogP contribution in [-0.2, 0) is 9.47 Å². The molecule has 25 heavy (non-hydrogen) atoms. The standard InChI is InChI=1S/C19H26N4O2/c1-14-9-15(5-4-8-20)6-7-16(14)17(23-21)10-22-11-18-24-12-19(2,3)13-25-18/h6-7,9-10,18H,8,11-13,20-21H2,1-3H3/b22-10?,23-17+. The maximum Gasteiger partial charge on any atom is 0.176 e. The van der Waals surface area contributed by atoms with Gasteiger partial charge in [0.05, 0.1) is 26.3 Å². The summed E-state index contributed by atoms with van der Waals surface area (Å²) >= 11 is 0. The minimum atomic E-state index is -0.321. The Bertz CT molecular complexity index is 704. The molecule has 0 unspecified atom stereocenters. The fourth-order valence-corrected chi connectivity index (χ4v) is 2.41. The van der Waals surface area contributed by atoms with Gasteiger partial charge in [-0.1, -0.05) is 31.8 Å². The van der Waals surface area contributed by atoms with Gasteiger partial charge < -0.3 is 21.1 Å². The first kappa shape index (κ1) is 19.1. The van der Waals surface area contributed by atoms with Gasteiger partial charge in [0.15, 0.2) is 6.29 Å². The van der Waals surface area contributed by atoms with E-state index in [1.54, 1.807) is 6.21 Å². The Morgan fingerprint density at radius 1 is 1.36 bits per heavy atom. The summed E-state index contributed by atoms with van der Waals surface area (Å²) in [5.41, 5.74) is 8.89. The molecule has 1 aromatic carbocycles. The molecule has 1 saturated heterocycles. The van der Waals surface area contributed by atoms with Crippen LogP contribution in [0.2, 0.25) is 0 Å². The lowest BCUT2D eigenvalue weighted by Crippen LogP contribution is -2.39. The molecule has 1 aliphatic rings. The van der Waals surface area contributed by atoms with Crippen molar-refractivity contribution < 1.29 is 9.47 Å². The molecule has 134 valence electrons. The molecule has 6 nitrogen and oxygen atoms in total. The summed E-state index contributed by atoms with van der Waals surface area (Å²) in [6.45, 7) is 8.27. The summed E-state index contributed by atoms with van der Waals surface area (Å²) < 4.78 is 11.3. The molecule has 0 amide bonds. The van der Waals surface area contributed by atoms with Crippen molar-refractivity contribution in [2.24, 2.45) is 27.1 Å². The summed E-state index contributed by atoms with van der Waals surface area (Å²) in [4.78, 5) is 4.37. The van der Waals surface area contributed by atoms with Gasteiger partial charge >= 0.3 is 0 Å². The fraction of sp³-hybridized carbons (Fsp3) is 0.474. The zero-order chi connectivity index (χ0) is 18.3. The van der Waals surface area contributed by atoms with E-state index in [2.05, 4.69) is 35.8 Å². The quantitative estimate of drug-likeness (QED) is 0.375. The molecule has 1 aliphatic heterocycles. The molecule has 2 rings (SSSR count). The van der Waals surface area contributed by atoms with Crippen LogP contribution in [0.25, 0.3) is 0 Å². The smallest absolute Gasteiger partial charge is 0.176 e. The second-order valence-corrected chi connectivity index (χ2v) is 6.76. The van der Waals surface area contributed by atoms with Gasteiger partial charge in [-0.25, -0.2) is 0 Å². The molecule has 1 heterocycles. The molecule has 1 aromatic rings. The maximum absolute atomic E-state index is 5.66. The summed E-state index contributed by atoms with van der Waals surface area (Å²) in [6, 6.07) is 5.83. The molecule has 1 fully saturated rings. The molecule has 0 aliphatic carbocycles. The van der Waals surface area contributed by atoms with Crippen molar-refractivity contribution in [3.05, 3.63) is 34.9 Å². The third-order valence-corrected chi connectivity index (χ3v) is 3.76. The number of hydrazone groups is 1. The van der Waals surface area contributed by atoms with Gasteiger partial charge in [-0.05, 0) is 24.6 Å². The van der Waals surface area contributed by atoms with Crippen LogP contribution in [-0.4, -0.2) is 44.5 Å². The van der Waals surface area contributed by atoms with Crippen molar-refractivity contribution in [1.82, 2.24) is 0 Å². The SMILES string of the molecule is Cc1cc(C#CCN)ccc1/C(C=NCC1OCC(C)(C)CO1)=N/N. The molecule has 0 bridgehead atoms. The Labute approximate surface area is 149 Å². The first-order chi connectivity index (χ1) is 11.9. The number of aryl methyl sites for hydroxylation is 1. The monoisotopic (exact) mass is 342 g/mol. The van der Waals surface area contributed by atoms with E-state index < -0.39 is 0 Å². The number of nitrogens with two attached hydrogens (primary N) is 2. The average Bonchev–Trinajstić information content (AvgIpc) is 2.59. The van der Waals surface area contributed by atoms with Crippen LogP contribution in [0.1, 0.15) is 30.5 Å². The Kier molecular flexibility index (Phi) is 6.71. The highest BCUT2D eigenvalue weighted by Gasteiger charge is 2.27. The second-order valence-electron chi connectivity index (χ2n) is 6.76. The summed E-state index contributed by atoms with van der Waals surface area (Å²) in [6.07, 6.45) is 1.33. The first-order valence-corrected chi connectivity index (χ1v) is 8.26. The lowest BCUT2D eigenvalue weighted by atomic mass is 9.96. The van der Waals surface area contributed by atoms with Crippen molar-refractivity contribution in [2.75, 3.05) is 26.3 Å². The Morgan fingerprint density at radius 3 is 2.68 bits per heavy atom. The van der Waals surface area contributed by atoms with Crippen molar-refractivity contribution in [3.8, 4) is 11.8 Å². The van der Waals surface area contributed by atoms with E-state index >= 15 is 0 Å². The van der Waals surface area contributed by atoms with E-state index in [1.807, 2.05) is 25.1 Å². The van der Waals surface area contributed by atoms with E-state index in [0.29, 0.717) is 32.0 Å². The highest BCUT2D eigenvalue weighted by Crippen LogP contribution is 2.22. The topological polar surface area (TPSA) is 95.2 Å². The van der Waals surface area contributed by atoms with E-state index in [4.69, 9.17) is 21.1 Å².